The summed E-state index contributed by atoms with van der Waals surface area (Å²) in [5.74, 6) is 0.208. The standard InChI is InChI=1S/C20H21N3O3S/c1-14-7-2-4-10-17(14)21-20(24)15-8-6-12-23(13-15)19-16-9-3-5-11-18(16)27(25,26)22-19/h2-5,7,9-11,15H,6,8,12-13H2,1H3,(H,21,24)/t15-/m1/s1. The van der Waals surface area contributed by atoms with E-state index >= 15 is 0 Å². The molecule has 140 valence electrons. The van der Waals surface area contributed by atoms with Gasteiger partial charge in [0.2, 0.25) is 5.91 Å². The van der Waals surface area contributed by atoms with Gasteiger partial charge < -0.3 is 10.2 Å². The van der Waals surface area contributed by atoms with E-state index < -0.39 is 10.0 Å². The summed E-state index contributed by atoms with van der Waals surface area (Å²) in [5, 5.41) is 3.00. The van der Waals surface area contributed by atoms with Gasteiger partial charge in [0.25, 0.3) is 10.0 Å². The molecule has 1 amide bonds. The lowest BCUT2D eigenvalue weighted by Crippen LogP contribution is -2.43. The SMILES string of the molecule is Cc1ccccc1NC(=O)[C@@H]1CCCN(C2=NS(=O)(=O)c3ccccc32)C1. The van der Waals surface area contributed by atoms with Crippen molar-refractivity contribution >= 4 is 27.5 Å². The van der Waals surface area contributed by atoms with Crippen LogP contribution in [0.4, 0.5) is 5.69 Å². The number of carbonyl (C=O) groups is 1. The number of sulfonamides is 1. The molecule has 4 rings (SSSR count). The smallest absolute Gasteiger partial charge is 0.285 e. The number of nitrogens with one attached hydrogen (secondary N) is 1. The van der Waals surface area contributed by atoms with Gasteiger partial charge in [0.05, 0.1) is 5.92 Å². The first-order chi connectivity index (χ1) is 13.0. The maximum Gasteiger partial charge on any atom is 0.285 e. The first-order valence-corrected chi connectivity index (χ1v) is 10.5. The van der Waals surface area contributed by atoms with Crippen LogP contribution in [0.3, 0.4) is 0 Å². The van der Waals surface area contributed by atoms with Gasteiger partial charge in [0.15, 0.2) is 5.84 Å². The minimum Gasteiger partial charge on any atom is -0.355 e. The number of amides is 1. The van der Waals surface area contributed by atoms with Crippen LogP contribution >= 0.6 is 0 Å². The minimum atomic E-state index is -3.65. The Morgan fingerprint density at radius 1 is 1.15 bits per heavy atom. The Morgan fingerprint density at radius 3 is 2.70 bits per heavy atom. The van der Waals surface area contributed by atoms with E-state index in [9.17, 15) is 13.2 Å². The molecule has 1 saturated heterocycles. The molecular weight excluding hydrogens is 362 g/mol. The number of fused-ring (bicyclic) bond motifs is 1. The Hall–Kier alpha value is -2.67. The molecule has 1 N–H and O–H groups in total. The quantitative estimate of drug-likeness (QED) is 0.865. The van der Waals surface area contributed by atoms with Crippen molar-refractivity contribution in [1.29, 1.82) is 0 Å². The fourth-order valence-corrected chi connectivity index (χ4v) is 4.88. The van der Waals surface area contributed by atoms with Crippen LogP contribution < -0.4 is 5.32 Å². The predicted molar refractivity (Wildman–Crippen MR) is 104 cm³/mol. The van der Waals surface area contributed by atoms with Gasteiger partial charge in [-0.15, -0.1) is 4.40 Å². The zero-order chi connectivity index (χ0) is 19.0. The molecule has 7 heteroatoms. The summed E-state index contributed by atoms with van der Waals surface area (Å²) in [7, 11) is -3.65. The van der Waals surface area contributed by atoms with E-state index in [4.69, 9.17) is 0 Å². The first kappa shape index (κ1) is 17.7. The normalized spacial score (nSPS) is 20.7. The molecule has 27 heavy (non-hydrogen) atoms. The molecule has 0 unspecified atom stereocenters. The second-order valence-corrected chi connectivity index (χ2v) is 8.55. The highest BCUT2D eigenvalue weighted by Gasteiger charge is 2.35. The average Bonchev–Trinajstić information content (AvgIpc) is 2.95. The van der Waals surface area contributed by atoms with E-state index in [0.717, 1.165) is 24.1 Å². The highest BCUT2D eigenvalue weighted by molar-refractivity contribution is 7.90. The van der Waals surface area contributed by atoms with Gasteiger partial charge in [-0.3, -0.25) is 4.79 Å². The molecule has 2 aliphatic rings. The molecule has 0 bridgehead atoms. The number of nitrogens with zero attached hydrogens (tertiary/aromatic N) is 2. The number of para-hydroxylation sites is 1. The lowest BCUT2D eigenvalue weighted by molar-refractivity contribution is -0.121. The number of hydrogen-bond acceptors (Lipinski definition) is 4. The maximum absolute atomic E-state index is 12.8. The van der Waals surface area contributed by atoms with E-state index in [-0.39, 0.29) is 16.7 Å². The fraction of sp³-hybridized carbons (Fsp3) is 0.300. The number of anilines is 1. The van der Waals surface area contributed by atoms with Crippen molar-refractivity contribution in [3.63, 3.8) is 0 Å². The lowest BCUT2D eigenvalue weighted by atomic mass is 9.96. The van der Waals surface area contributed by atoms with Crippen LogP contribution in [0.5, 0.6) is 0 Å². The van der Waals surface area contributed by atoms with E-state index in [1.807, 2.05) is 42.2 Å². The third kappa shape index (κ3) is 3.35. The summed E-state index contributed by atoms with van der Waals surface area (Å²) in [6.45, 7) is 3.11. The van der Waals surface area contributed by atoms with Crippen LogP contribution in [0, 0.1) is 12.8 Å². The molecule has 6 nitrogen and oxygen atoms in total. The number of piperidine rings is 1. The third-order valence-corrected chi connectivity index (χ3v) is 6.43. The van der Waals surface area contributed by atoms with Crippen LogP contribution in [-0.2, 0) is 14.8 Å². The Balaban J connectivity index is 1.54. The van der Waals surface area contributed by atoms with E-state index in [1.165, 1.54) is 0 Å². The molecule has 1 fully saturated rings. The average molecular weight is 383 g/mol. The van der Waals surface area contributed by atoms with Crippen molar-refractivity contribution in [3.8, 4) is 0 Å². The topological polar surface area (TPSA) is 78.8 Å². The Morgan fingerprint density at radius 2 is 1.89 bits per heavy atom. The van der Waals surface area contributed by atoms with Crippen molar-refractivity contribution in [3.05, 3.63) is 59.7 Å². The Labute approximate surface area is 159 Å². The number of rotatable bonds is 2. The van der Waals surface area contributed by atoms with Crippen molar-refractivity contribution in [2.24, 2.45) is 10.3 Å². The van der Waals surface area contributed by atoms with Crippen molar-refractivity contribution in [1.82, 2.24) is 4.90 Å². The molecule has 0 saturated carbocycles. The number of aryl methyl sites for hydroxylation is 1. The van der Waals surface area contributed by atoms with Crippen molar-refractivity contribution < 1.29 is 13.2 Å². The summed E-state index contributed by atoms with van der Waals surface area (Å²) in [6.07, 6.45) is 1.59. The van der Waals surface area contributed by atoms with E-state index in [1.54, 1.807) is 18.2 Å². The number of likely N-dealkylation sites (tertiary alicyclic amines) is 1. The number of carbonyl (C=O) groups excluding carboxylic acids is 1. The Kier molecular flexibility index (Phi) is 4.47. The second-order valence-electron chi connectivity index (χ2n) is 6.98. The number of benzene rings is 2. The molecule has 1 atom stereocenters. The van der Waals surface area contributed by atoms with Crippen molar-refractivity contribution in [2.75, 3.05) is 18.4 Å². The van der Waals surface area contributed by atoms with Crippen LogP contribution in [-0.4, -0.2) is 38.2 Å². The molecule has 0 spiro atoms. The van der Waals surface area contributed by atoms with Crippen LogP contribution in [0.25, 0.3) is 0 Å². The fourth-order valence-electron chi connectivity index (χ4n) is 3.65. The van der Waals surface area contributed by atoms with Crippen molar-refractivity contribution in [2.45, 2.75) is 24.7 Å². The van der Waals surface area contributed by atoms with Gasteiger partial charge in [-0.1, -0.05) is 30.3 Å². The van der Waals surface area contributed by atoms with Crippen LogP contribution in [0.15, 0.2) is 57.8 Å². The molecule has 2 aliphatic heterocycles. The van der Waals surface area contributed by atoms with Gasteiger partial charge in [-0.2, -0.15) is 8.42 Å². The van der Waals surface area contributed by atoms with Gasteiger partial charge in [-0.05, 0) is 43.5 Å². The van der Waals surface area contributed by atoms with E-state index in [2.05, 4.69) is 9.71 Å². The maximum atomic E-state index is 12.8. The van der Waals surface area contributed by atoms with Gasteiger partial charge in [0.1, 0.15) is 4.90 Å². The molecule has 0 aliphatic carbocycles. The minimum absolute atomic E-state index is 0.0382. The number of hydrogen-bond donors (Lipinski definition) is 1. The summed E-state index contributed by atoms with van der Waals surface area (Å²) in [5.41, 5.74) is 2.45. The highest BCUT2D eigenvalue weighted by atomic mass is 32.2. The summed E-state index contributed by atoms with van der Waals surface area (Å²) >= 11 is 0. The zero-order valence-electron chi connectivity index (χ0n) is 15.1. The predicted octanol–water partition coefficient (Wildman–Crippen LogP) is 2.79. The highest BCUT2D eigenvalue weighted by Crippen LogP contribution is 2.30. The van der Waals surface area contributed by atoms with Crippen LogP contribution in [0.2, 0.25) is 0 Å². The third-order valence-electron chi connectivity index (χ3n) is 5.11. The monoisotopic (exact) mass is 383 g/mol. The molecular formula is C20H21N3O3S. The second kappa shape index (κ2) is 6.81. The summed E-state index contributed by atoms with van der Waals surface area (Å²) in [4.78, 5) is 14.9. The molecule has 2 aromatic rings. The van der Waals surface area contributed by atoms with Crippen LogP contribution in [0.1, 0.15) is 24.0 Å². The summed E-state index contributed by atoms with van der Waals surface area (Å²) < 4.78 is 28.6. The molecule has 0 radical (unpaired) electrons. The molecule has 0 aromatic heterocycles. The Bertz CT molecular complexity index is 1030. The molecule has 2 heterocycles. The van der Waals surface area contributed by atoms with Gasteiger partial charge in [-0.25, -0.2) is 0 Å². The largest absolute Gasteiger partial charge is 0.355 e. The molecule has 2 aromatic carbocycles. The van der Waals surface area contributed by atoms with Gasteiger partial charge in [0, 0.05) is 24.3 Å². The lowest BCUT2D eigenvalue weighted by Gasteiger charge is -2.33. The van der Waals surface area contributed by atoms with Gasteiger partial charge >= 0.3 is 0 Å². The summed E-state index contributed by atoms with van der Waals surface area (Å²) in [6, 6.07) is 14.5. The van der Waals surface area contributed by atoms with E-state index in [0.29, 0.717) is 24.5 Å². The number of amidine groups is 1. The first-order valence-electron chi connectivity index (χ1n) is 9.01. The zero-order valence-corrected chi connectivity index (χ0v) is 15.9.